The maximum atomic E-state index is 12.1. The number of likely N-dealkylation sites (tertiary alicyclic amines) is 1. The number of amides is 2. The Morgan fingerprint density at radius 2 is 2.05 bits per heavy atom. The van der Waals surface area contributed by atoms with Gasteiger partial charge in [-0.1, -0.05) is 6.92 Å². The Hall–Kier alpha value is -1.26. The van der Waals surface area contributed by atoms with Crippen molar-refractivity contribution in [2.45, 2.75) is 40.0 Å². The molecule has 0 radical (unpaired) electrons. The molecular formula is C15H26N2O3. The Labute approximate surface area is 120 Å². The summed E-state index contributed by atoms with van der Waals surface area (Å²) in [6, 6.07) is -0.0324. The van der Waals surface area contributed by atoms with E-state index >= 15 is 0 Å². The van der Waals surface area contributed by atoms with Gasteiger partial charge in [-0.3, -0.25) is 4.79 Å². The molecule has 0 aromatic rings. The smallest absolute Gasteiger partial charge is 0.317 e. The minimum atomic E-state index is -0.781. The van der Waals surface area contributed by atoms with Crippen molar-refractivity contribution >= 4 is 12.0 Å². The number of carboxylic acid groups (broad SMARTS) is 1. The van der Waals surface area contributed by atoms with E-state index in [4.69, 9.17) is 0 Å². The molecule has 1 saturated carbocycles. The lowest BCUT2D eigenvalue weighted by molar-refractivity contribution is -0.151. The van der Waals surface area contributed by atoms with Gasteiger partial charge in [-0.25, -0.2) is 4.79 Å². The maximum absolute atomic E-state index is 12.1. The zero-order valence-corrected chi connectivity index (χ0v) is 12.7. The van der Waals surface area contributed by atoms with Crippen LogP contribution in [-0.4, -0.2) is 41.6 Å². The molecule has 3 unspecified atom stereocenters. The number of rotatable bonds is 4. The molecule has 1 heterocycles. The second kappa shape index (κ2) is 5.62. The van der Waals surface area contributed by atoms with Gasteiger partial charge in [0.25, 0.3) is 0 Å². The monoisotopic (exact) mass is 282 g/mol. The van der Waals surface area contributed by atoms with Gasteiger partial charge in [0.15, 0.2) is 0 Å². The summed E-state index contributed by atoms with van der Waals surface area (Å²) >= 11 is 0. The van der Waals surface area contributed by atoms with Gasteiger partial charge < -0.3 is 15.3 Å². The van der Waals surface area contributed by atoms with E-state index < -0.39 is 11.4 Å². The van der Waals surface area contributed by atoms with Gasteiger partial charge in [0, 0.05) is 19.6 Å². The Morgan fingerprint density at radius 1 is 1.40 bits per heavy atom. The Kier molecular flexibility index (Phi) is 4.25. The van der Waals surface area contributed by atoms with Crippen molar-refractivity contribution in [1.29, 1.82) is 0 Å². The van der Waals surface area contributed by atoms with E-state index in [1.165, 1.54) is 6.42 Å². The van der Waals surface area contributed by atoms with Gasteiger partial charge >= 0.3 is 12.0 Å². The van der Waals surface area contributed by atoms with Crippen LogP contribution in [0.15, 0.2) is 0 Å². The van der Waals surface area contributed by atoms with Crippen molar-refractivity contribution in [1.82, 2.24) is 10.2 Å². The van der Waals surface area contributed by atoms with Crippen LogP contribution >= 0.6 is 0 Å². The van der Waals surface area contributed by atoms with Gasteiger partial charge in [-0.2, -0.15) is 0 Å². The van der Waals surface area contributed by atoms with Crippen molar-refractivity contribution in [2.75, 3.05) is 19.6 Å². The molecule has 1 aliphatic heterocycles. The largest absolute Gasteiger partial charge is 0.481 e. The van der Waals surface area contributed by atoms with Crippen molar-refractivity contribution in [3.8, 4) is 0 Å². The zero-order valence-electron chi connectivity index (χ0n) is 12.7. The molecule has 1 saturated heterocycles. The van der Waals surface area contributed by atoms with Gasteiger partial charge in [0.2, 0.25) is 0 Å². The highest BCUT2D eigenvalue weighted by molar-refractivity contribution is 5.76. The first-order chi connectivity index (χ1) is 9.32. The lowest BCUT2D eigenvalue weighted by Gasteiger charge is -2.39. The van der Waals surface area contributed by atoms with Crippen LogP contribution in [0, 0.1) is 23.2 Å². The van der Waals surface area contributed by atoms with Crippen LogP contribution in [0.3, 0.4) is 0 Å². The molecule has 2 fully saturated rings. The van der Waals surface area contributed by atoms with Crippen molar-refractivity contribution < 1.29 is 14.7 Å². The topological polar surface area (TPSA) is 69.6 Å². The fraction of sp³-hybridized carbons (Fsp3) is 0.867. The highest BCUT2D eigenvalue weighted by atomic mass is 16.4. The van der Waals surface area contributed by atoms with Crippen LogP contribution in [0.1, 0.15) is 40.0 Å². The van der Waals surface area contributed by atoms with Crippen LogP contribution in [0.25, 0.3) is 0 Å². The van der Waals surface area contributed by atoms with Crippen LogP contribution < -0.4 is 5.32 Å². The number of nitrogens with zero attached hydrogens (tertiary/aromatic N) is 1. The molecular weight excluding hydrogens is 256 g/mol. The van der Waals surface area contributed by atoms with Crippen LogP contribution in [0.2, 0.25) is 0 Å². The number of carbonyl (C=O) groups excluding carboxylic acids is 1. The molecule has 114 valence electrons. The molecule has 5 heteroatoms. The van der Waals surface area contributed by atoms with Gasteiger partial charge in [0.1, 0.15) is 0 Å². The van der Waals surface area contributed by atoms with Crippen molar-refractivity contribution in [3.05, 3.63) is 0 Å². The fourth-order valence-electron chi connectivity index (χ4n) is 2.94. The third kappa shape index (κ3) is 3.25. The molecule has 1 aliphatic carbocycles. The highest BCUT2D eigenvalue weighted by Crippen LogP contribution is 2.37. The second-order valence-electron chi connectivity index (χ2n) is 6.97. The SMILES string of the molecule is CC1CC1CNC(=O)N1CCCC(C(C)(C)C(=O)O)C1. The number of carboxylic acids is 1. The summed E-state index contributed by atoms with van der Waals surface area (Å²) in [5.74, 6) is 0.612. The predicted molar refractivity (Wildman–Crippen MR) is 76.4 cm³/mol. The summed E-state index contributed by atoms with van der Waals surface area (Å²) in [5, 5.41) is 12.3. The second-order valence-corrected chi connectivity index (χ2v) is 6.97. The first kappa shape index (κ1) is 15.1. The van der Waals surface area contributed by atoms with E-state index in [1.54, 1.807) is 18.7 Å². The van der Waals surface area contributed by atoms with Crippen LogP contribution in [0.4, 0.5) is 4.79 Å². The summed E-state index contributed by atoms with van der Waals surface area (Å²) in [6.07, 6.45) is 2.96. The summed E-state index contributed by atoms with van der Waals surface area (Å²) in [7, 11) is 0. The zero-order chi connectivity index (χ0) is 14.9. The minimum Gasteiger partial charge on any atom is -0.481 e. The molecule has 0 bridgehead atoms. The summed E-state index contributed by atoms with van der Waals surface area (Å²) < 4.78 is 0. The molecule has 0 aromatic carbocycles. The Bertz CT molecular complexity index is 395. The molecule has 2 N–H and O–H groups in total. The third-order valence-electron chi connectivity index (χ3n) is 5.07. The first-order valence-electron chi connectivity index (χ1n) is 7.58. The van der Waals surface area contributed by atoms with Crippen LogP contribution in [0.5, 0.6) is 0 Å². The number of hydrogen-bond donors (Lipinski definition) is 2. The minimum absolute atomic E-state index is 0.0272. The van der Waals surface area contributed by atoms with Crippen molar-refractivity contribution in [3.63, 3.8) is 0 Å². The van der Waals surface area contributed by atoms with E-state index in [1.807, 2.05) is 0 Å². The summed E-state index contributed by atoms with van der Waals surface area (Å²) in [6.45, 7) is 7.75. The predicted octanol–water partition coefficient (Wildman–Crippen LogP) is 2.17. The number of nitrogens with one attached hydrogen (secondary N) is 1. The summed E-state index contributed by atoms with van der Waals surface area (Å²) in [5.41, 5.74) is -0.774. The van der Waals surface area contributed by atoms with Gasteiger partial charge in [0.05, 0.1) is 5.41 Å². The molecule has 0 aromatic heterocycles. The molecule has 2 aliphatic rings. The van der Waals surface area contributed by atoms with E-state index in [2.05, 4.69) is 12.2 Å². The number of aliphatic carboxylic acids is 1. The van der Waals surface area contributed by atoms with Crippen LogP contribution in [-0.2, 0) is 4.79 Å². The van der Waals surface area contributed by atoms with Gasteiger partial charge in [-0.05, 0) is 50.9 Å². The average Bonchev–Trinajstić information content (AvgIpc) is 3.12. The van der Waals surface area contributed by atoms with E-state index in [9.17, 15) is 14.7 Å². The Morgan fingerprint density at radius 3 is 2.60 bits per heavy atom. The molecule has 20 heavy (non-hydrogen) atoms. The number of carbonyl (C=O) groups is 2. The van der Waals surface area contributed by atoms with E-state index in [0.717, 1.165) is 31.8 Å². The third-order valence-corrected chi connectivity index (χ3v) is 5.07. The number of piperidine rings is 1. The van der Waals surface area contributed by atoms with E-state index in [0.29, 0.717) is 12.5 Å². The number of urea groups is 1. The lowest BCUT2D eigenvalue weighted by atomic mass is 9.74. The normalized spacial score (nSPS) is 29.9. The standard InChI is InChI=1S/C15H26N2O3/c1-10-7-11(10)8-16-14(20)17-6-4-5-12(9-17)15(2,3)13(18)19/h10-12H,4-9H2,1-3H3,(H,16,20)(H,18,19). The quantitative estimate of drug-likeness (QED) is 0.830. The molecule has 0 spiro atoms. The molecule has 2 rings (SSSR count). The molecule has 3 atom stereocenters. The molecule has 5 nitrogen and oxygen atoms in total. The average molecular weight is 282 g/mol. The maximum Gasteiger partial charge on any atom is 0.317 e. The summed E-state index contributed by atoms with van der Waals surface area (Å²) in [4.78, 5) is 25.3. The Balaban J connectivity index is 1.86. The number of hydrogen-bond acceptors (Lipinski definition) is 2. The fourth-order valence-corrected chi connectivity index (χ4v) is 2.94. The molecule has 2 amide bonds. The van der Waals surface area contributed by atoms with Crippen molar-refractivity contribution in [2.24, 2.45) is 23.2 Å². The first-order valence-corrected chi connectivity index (χ1v) is 7.58. The van der Waals surface area contributed by atoms with Gasteiger partial charge in [-0.15, -0.1) is 0 Å². The highest BCUT2D eigenvalue weighted by Gasteiger charge is 2.40. The van der Waals surface area contributed by atoms with E-state index in [-0.39, 0.29) is 11.9 Å². The lowest BCUT2D eigenvalue weighted by Crippen LogP contribution is -2.50.